The molecule has 6 nitrogen and oxygen atoms in total. The first-order valence-corrected chi connectivity index (χ1v) is 25.6. The lowest BCUT2D eigenvalue weighted by molar-refractivity contribution is 0.667. The Morgan fingerprint density at radius 2 is 0.608 bits per heavy atom. The van der Waals surface area contributed by atoms with Crippen LogP contribution in [0.4, 0.5) is 34.1 Å². The van der Waals surface area contributed by atoms with Gasteiger partial charge in [-0.05, 0) is 167 Å². The Bertz CT molecular complexity index is 4440. The highest BCUT2D eigenvalue weighted by molar-refractivity contribution is 6.22. The zero-order valence-corrected chi connectivity index (χ0v) is 41.3. The van der Waals surface area contributed by atoms with E-state index < -0.39 is 0 Å². The number of anilines is 6. The molecule has 0 aliphatic carbocycles. The molecular weight excluding hydrogens is 909 g/mol. The van der Waals surface area contributed by atoms with E-state index in [4.69, 9.17) is 17.7 Å². The summed E-state index contributed by atoms with van der Waals surface area (Å²) in [6.07, 6.45) is 0. The molecule has 354 valence electrons. The molecule has 0 radical (unpaired) electrons. The van der Waals surface area contributed by atoms with E-state index in [-0.39, 0.29) is 0 Å². The topological polar surface area (TPSA) is 59.0 Å². The number of hydrogen-bond acceptors (Lipinski definition) is 6. The molecule has 6 heteroatoms. The maximum atomic E-state index is 6.88. The summed E-state index contributed by atoms with van der Waals surface area (Å²) in [7, 11) is 0. The second-order valence-corrected chi connectivity index (χ2v) is 20.5. The van der Waals surface area contributed by atoms with Crippen LogP contribution in [0.1, 0.15) is 50.7 Å². The highest BCUT2D eigenvalue weighted by Gasteiger charge is 2.22. The van der Waals surface area contributed by atoms with Crippen LogP contribution < -0.4 is 9.80 Å². The van der Waals surface area contributed by atoms with E-state index in [1.54, 1.807) is 0 Å². The van der Waals surface area contributed by atoms with Gasteiger partial charge in [0.25, 0.3) is 0 Å². The lowest BCUT2D eigenvalue weighted by Crippen LogP contribution is -2.10. The molecular formula is C68H48N2O4. The quantitative estimate of drug-likeness (QED) is 0.151. The lowest BCUT2D eigenvalue weighted by Gasteiger charge is -2.26. The molecule has 0 spiro atoms. The summed E-state index contributed by atoms with van der Waals surface area (Å²) in [6.45, 7) is 8.93. The fraction of sp³-hybridized carbons (Fsp3) is 0.0882. The standard InChI is InChI=1S/C68H48N2O4/c1-39(2)41-13-19-45(20-14-41)69(49-25-31-63-57(35-49)53-9-5-7-11-61(53)71-63)47-23-29-51-43(33-47)17-27-55-59-37-66-60(38-65(59)73-67(51)55)56-28-18-44-34-48(24-30-52(44)68(56)74-66)70(46-21-15-42(16-22-46)40(3)4)50-26-32-64-58(36-50)54-10-6-8-12-62(54)72-64/h5-40H,1-4H3. The normalized spacial score (nSPS) is 12.3. The fourth-order valence-corrected chi connectivity index (χ4v) is 11.5. The van der Waals surface area contributed by atoms with Crippen molar-refractivity contribution in [2.45, 2.75) is 39.5 Å². The summed E-state index contributed by atoms with van der Waals surface area (Å²) in [5.41, 5.74) is 15.9. The van der Waals surface area contributed by atoms with Crippen molar-refractivity contribution >= 4 is 143 Å². The van der Waals surface area contributed by atoms with Gasteiger partial charge < -0.3 is 27.5 Å². The van der Waals surface area contributed by atoms with E-state index in [2.05, 4.69) is 219 Å². The molecule has 11 aromatic carbocycles. The number of nitrogens with zero attached hydrogens (tertiary/aromatic N) is 2. The first kappa shape index (κ1) is 42.4. The van der Waals surface area contributed by atoms with Crippen LogP contribution in [-0.2, 0) is 0 Å². The summed E-state index contributed by atoms with van der Waals surface area (Å²) < 4.78 is 26.2. The SMILES string of the molecule is CC(C)c1ccc(N(c2ccc3c(ccc4c5cc6oc7c8ccc(N(c9ccc(C(C)C)cc9)c9ccc%10oc%11ccccc%11c%10c9)cc8ccc7c6cc5oc34)c2)c2ccc3oc4ccccc4c3c2)cc1. The number of para-hydroxylation sites is 2. The van der Waals surface area contributed by atoms with Crippen LogP contribution in [0, 0.1) is 0 Å². The fourth-order valence-electron chi connectivity index (χ4n) is 11.5. The molecule has 74 heavy (non-hydrogen) atoms. The molecule has 0 fully saturated rings. The summed E-state index contributed by atoms with van der Waals surface area (Å²) in [5, 5.41) is 12.8. The molecule has 4 heterocycles. The van der Waals surface area contributed by atoms with Crippen molar-refractivity contribution < 1.29 is 17.7 Å². The average molecular weight is 957 g/mol. The van der Waals surface area contributed by atoms with Gasteiger partial charge in [-0.1, -0.05) is 100 Å². The Kier molecular flexibility index (Phi) is 9.24. The Labute approximate surface area is 425 Å². The van der Waals surface area contributed by atoms with E-state index in [9.17, 15) is 0 Å². The van der Waals surface area contributed by atoms with Crippen molar-refractivity contribution in [3.63, 3.8) is 0 Å². The predicted octanol–water partition coefficient (Wildman–Crippen LogP) is 20.8. The van der Waals surface area contributed by atoms with Crippen LogP contribution in [0.2, 0.25) is 0 Å². The minimum atomic E-state index is 0.434. The van der Waals surface area contributed by atoms with Gasteiger partial charge in [0.15, 0.2) is 0 Å². The van der Waals surface area contributed by atoms with Gasteiger partial charge in [-0.3, -0.25) is 0 Å². The van der Waals surface area contributed by atoms with Crippen molar-refractivity contribution in [3.05, 3.63) is 217 Å². The largest absolute Gasteiger partial charge is 0.456 e. The van der Waals surface area contributed by atoms with Crippen molar-refractivity contribution in [2.24, 2.45) is 0 Å². The molecule has 0 aliphatic rings. The third-order valence-corrected chi connectivity index (χ3v) is 15.4. The summed E-state index contributed by atoms with van der Waals surface area (Å²) in [5.74, 6) is 0.868. The zero-order valence-electron chi connectivity index (χ0n) is 41.3. The predicted molar refractivity (Wildman–Crippen MR) is 308 cm³/mol. The van der Waals surface area contributed by atoms with E-state index in [0.29, 0.717) is 11.8 Å². The van der Waals surface area contributed by atoms with E-state index >= 15 is 0 Å². The van der Waals surface area contributed by atoms with Gasteiger partial charge in [-0.15, -0.1) is 0 Å². The molecule has 15 rings (SSSR count). The molecule has 0 saturated carbocycles. The molecule has 0 bridgehead atoms. The molecule has 0 atom stereocenters. The number of benzene rings is 11. The van der Waals surface area contributed by atoms with Crippen molar-refractivity contribution in [2.75, 3.05) is 9.80 Å². The summed E-state index contributed by atoms with van der Waals surface area (Å²) in [4.78, 5) is 4.67. The second-order valence-electron chi connectivity index (χ2n) is 20.5. The Morgan fingerprint density at radius 3 is 1.04 bits per heavy atom. The number of hydrogen-bond donors (Lipinski definition) is 0. The molecule has 4 aromatic heterocycles. The van der Waals surface area contributed by atoms with Gasteiger partial charge in [0.1, 0.15) is 44.7 Å². The maximum Gasteiger partial charge on any atom is 0.143 e. The van der Waals surface area contributed by atoms with Crippen LogP contribution in [-0.4, -0.2) is 0 Å². The maximum absolute atomic E-state index is 6.88. The van der Waals surface area contributed by atoms with Crippen LogP contribution in [0.3, 0.4) is 0 Å². The number of furan rings is 4. The molecule has 0 aliphatic heterocycles. The first-order chi connectivity index (χ1) is 36.3. The van der Waals surface area contributed by atoms with Crippen LogP contribution in [0.5, 0.6) is 0 Å². The van der Waals surface area contributed by atoms with Gasteiger partial charge in [0.05, 0.1) is 0 Å². The summed E-state index contributed by atoms with van der Waals surface area (Å²) in [6, 6.07) is 73.9. The van der Waals surface area contributed by atoms with Crippen LogP contribution in [0.25, 0.3) is 109 Å². The Morgan fingerprint density at radius 1 is 0.257 bits per heavy atom. The third-order valence-electron chi connectivity index (χ3n) is 15.4. The molecule has 0 unspecified atom stereocenters. The van der Waals surface area contributed by atoms with Crippen molar-refractivity contribution in [1.29, 1.82) is 0 Å². The second kappa shape index (κ2) is 16.1. The smallest absolute Gasteiger partial charge is 0.143 e. The van der Waals surface area contributed by atoms with Crippen molar-refractivity contribution in [3.8, 4) is 0 Å². The minimum Gasteiger partial charge on any atom is -0.456 e. The highest BCUT2D eigenvalue weighted by atomic mass is 16.3. The molecule has 0 amide bonds. The Balaban J connectivity index is 0.818. The monoisotopic (exact) mass is 956 g/mol. The third kappa shape index (κ3) is 6.57. The van der Waals surface area contributed by atoms with E-state index in [0.717, 1.165) is 143 Å². The van der Waals surface area contributed by atoms with Gasteiger partial charge in [-0.2, -0.15) is 0 Å². The molecule has 0 N–H and O–H groups in total. The number of rotatable bonds is 8. The summed E-state index contributed by atoms with van der Waals surface area (Å²) >= 11 is 0. The van der Waals surface area contributed by atoms with E-state index in [1.165, 1.54) is 11.1 Å². The highest BCUT2D eigenvalue weighted by Crippen LogP contribution is 2.46. The lowest BCUT2D eigenvalue weighted by atomic mass is 10.0. The first-order valence-electron chi connectivity index (χ1n) is 25.6. The minimum absolute atomic E-state index is 0.434. The Hall–Kier alpha value is -9.26. The van der Waals surface area contributed by atoms with Crippen molar-refractivity contribution in [1.82, 2.24) is 0 Å². The number of fused-ring (bicyclic) bond motifs is 16. The van der Waals surface area contributed by atoms with Crippen LogP contribution >= 0.6 is 0 Å². The average Bonchev–Trinajstić information content (AvgIpc) is 4.20. The molecule has 15 aromatic rings. The van der Waals surface area contributed by atoms with E-state index in [1.807, 2.05) is 24.3 Å². The van der Waals surface area contributed by atoms with Crippen LogP contribution in [0.15, 0.2) is 224 Å². The van der Waals surface area contributed by atoms with Gasteiger partial charge >= 0.3 is 0 Å². The molecule has 0 saturated heterocycles. The van der Waals surface area contributed by atoms with Gasteiger partial charge in [0.2, 0.25) is 0 Å². The van der Waals surface area contributed by atoms with Gasteiger partial charge in [0, 0.05) is 88.0 Å². The van der Waals surface area contributed by atoms with Gasteiger partial charge in [-0.25, -0.2) is 0 Å². The zero-order chi connectivity index (χ0) is 49.3.